The van der Waals surface area contributed by atoms with Gasteiger partial charge in [0.15, 0.2) is 0 Å². The van der Waals surface area contributed by atoms with Crippen molar-refractivity contribution in [2.45, 2.75) is 0 Å². The second kappa shape index (κ2) is 10.1. The maximum atomic E-state index is 10.0. The molecule has 0 aliphatic carbocycles. The third-order valence-electron chi connectivity index (χ3n) is 5.94. The molecule has 2 heterocycles. The van der Waals surface area contributed by atoms with Gasteiger partial charge in [-0.25, -0.2) is 10.1 Å². The summed E-state index contributed by atoms with van der Waals surface area (Å²) < 4.78 is 3.57. The van der Waals surface area contributed by atoms with Gasteiger partial charge in [0.2, 0.25) is 0 Å². The molecule has 2 aromatic heterocycles. The zero-order valence-corrected chi connectivity index (χ0v) is 21.5. The minimum atomic E-state index is -0.0742. The van der Waals surface area contributed by atoms with Crippen LogP contribution in [0.5, 0.6) is 0 Å². The Morgan fingerprint density at radius 1 is 0.730 bits per heavy atom. The average molecular weight is 656 g/mol. The van der Waals surface area contributed by atoms with Gasteiger partial charge in [-0.2, -0.15) is 58.7 Å². The molecule has 0 saturated heterocycles. The van der Waals surface area contributed by atoms with Crippen LogP contribution in [0, 0.1) is 30.0 Å². The molecule has 0 radical (unpaired) electrons. The first-order chi connectivity index (χ1) is 17.8. The quantitative estimate of drug-likeness (QED) is 0.169. The zero-order chi connectivity index (χ0) is 24.5. The first kappa shape index (κ1) is 23.9. The predicted octanol–water partition coefficient (Wildman–Crippen LogP) is 6.16. The van der Waals surface area contributed by atoms with Gasteiger partial charge in [0.25, 0.3) is 5.70 Å². The molecule has 0 fully saturated rings. The molecule has 0 atom stereocenters. The maximum absolute atomic E-state index is 10.0. The van der Waals surface area contributed by atoms with Gasteiger partial charge >= 0.3 is 21.1 Å². The van der Waals surface area contributed by atoms with E-state index in [9.17, 15) is 5.26 Å². The Labute approximate surface area is 227 Å². The predicted molar refractivity (Wildman–Crippen MR) is 138 cm³/mol. The second-order valence-corrected chi connectivity index (χ2v) is 8.00. The molecule has 0 unspecified atom stereocenters. The first-order valence-electron chi connectivity index (χ1n) is 11.2. The summed E-state index contributed by atoms with van der Waals surface area (Å²) in [4.78, 5) is 3.59. The number of aromatic nitrogens is 4. The summed E-state index contributed by atoms with van der Waals surface area (Å²) in [6.45, 7) is 7.81. The van der Waals surface area contributed by atoms with Gasteiger partial charge in [0.05, 0.1) is 35.1 Å². The van der Waals surface area contributed by atoms with Crippen molar-refractivity contribution < 1.29 is 21.1 Å². The third-order valence-corrected chi connectivity index (χ3v) is 5.94. The molecule has 6 aromatic rings. The molecule has 7 heteroatoms. The fourth-order valence-electron chi connectivity index (χ4n) is 4.37. The van der Waals surface area contributed by atoms with E-state index in [0.717, 1.165) is 33.2 Å². The molecule has 0 bridgehead atoms. The summed E-state index contributed by atoms with van der Waals surface area (Å²) in [6.07, 6.45) is 0. The molecule has 0 spiro atoms. The van der Waals surface area contributed by atoms with E-state index in [-0.39, 0.29) is 26.8 Å². The van der Waals surface area contributed by atoms with E-state index >= 15 is 0 Å². The maximum Gasteiger partial charge on any atom is 2.00 e. The monoisotopic (exact) mass is 655 g/mol. The van der Waals surface area contributed by atoms with Crippen LogP contribution in [0.15, 0.2) is 103 Å². The molecular weight excluding hydrogens is 639 g/mol. The Morgan fingerprint density at radius 3 is 1.59 bits per heavy atom. The number of benzene rings is 4. The van der Waals surface area contributed by atoms with Crippen molar-refractivity contribution >= 4 is 27.4 Å². The number of nitrogens with zero attached hydrogens (tertiary/aromatic N) is 6. The second-order valence-electron chi connectivity index (χ2n) is 8.00. The van der Waals surface area contributed by atoms with E-state index in [4.69, 9.17) is 16.8 Å². The minimum absolute atomic E-state index is 0. The van der Waals surface area contributed by atoms with Gasteiger partial charge in [0, 0.05) is 16.3 Å². The fourth-order valence-corrected chi connectivity index (χ4v) is 4.37. The van der Waals surface area contributed by atoms with Crippen LogP contribution >= 0.6 is 0 Å². The summed E-state index contributed by atoms with van der Waals surface area (Å²) in [5.41, 5.74) is 4.55. The van der Waals surface area contributed by atoms with Gasteiger partial charge in [-0.05, 0) is 23.5 Å². The summed E-state index contributed by atoms with van der Waals surface area (Å²) in [6, 6.07) is 39.2. The standard InChI is InChI=1S/C30H16N6.Pt/c1-32-25(20-31)28(29-23-16-8-10-18-26(23)35(33-29)21-12-4-2-5-13-21)30-24-17-9-11-19-27(24)36(34-30)22-14-6-3-7-15-22;/h2-12,14,16-19H;/q-2;+2. The molecular formula is C30H16N6Pt. The van der Waals surface area contributed by atoms with Crippen molar-refractivity contribution in [3.05, 3.63) is 138 Å². The van der Waals surface area contributed by atoms with Gasteiger partial charge in [-0.3, -0.25) is 9.36 Å². The van der Waals surface area contributed by atoms with Crippen LogP contribution in [0.4, 0.5) is 0 Å². The Hall–Kier alpha value is -4.77. The summed E-state index contributed by atoms with van der Waals surface area (Å²) >= 11 is 0. The van der Waals surface area contributed by atoms with Crippen molar-refractivity contribution in [3.8, 4) is 17.4 Å². The summed E-state index contributed by atoms with van der Waals surface area (Å²) in [7, 11) is 0. The molecule has 6 rings (SSSR count). The Balaban J connectivity index is 0.00000280. The molecule has 176 valence electrons. The van der Waals surface area contributed by atoms with Crippen molar-refractivity contribution in [1.82, 2.24) is 19.6 Å². The smallest absolute Gasteiger partial charge is 0.257 e. The Morgan fingerprint density at radius 2 is 1.19 bits per heavy atom. The zero-order valence-electron chi connectivity index (χ0n) is 19.2. The van der Waals surface area contributed by atoms with Crippen LogP contribution in [0.2, 0.25) is 0 Å². The topological polar surface area (TPSA) is 63.8 Å². The van der Waals surface area contributed by atoms with Crippen LogP contribution in [0.1, 0.15) is 11.4 Å². The van der Waals surface area contributed by atoms with Gasteiger partial charge in [0.1, 0.15) is 0 Å². The van der Waals surface area contributed by atoms with Crippen molar-refractivity contribution in [2.75, 3.05) is 0 Å². The number of para-hydroxylation sites is 4. The number of allylic oxidation sites excluding steroid dienone is 1. The third kappa shape index (κ3) is 4.04. The van der Waals surface area contributed by atoms with E-state index < -0.39 is 0 Å². The molecule has 0 amide bonds. The molecule has 0 aliphatic rings. The molecule has 6 nitrogen and oxygen atoms in total. The van der Waals surface area contributed by atoms with E-state index in [0.29, 0.717) is 17.0 Å². The van der Waals surface area contributed by atoms with Gasteiger partial charge in [-0.1, -0.05) is 36.4 Å². The SMILES string of the molecule is [C-]#[N+]C(C#N)=C(c1nn(-c2[c-]cccc2)c2ccccc12)c1nn(-c2[c-]cccc2)c2ccccc12.[Pt+2]. The number of nitriles is 1. The summed E-state index contributed by atoms with van der Waals surface area (Å²) in [5, 5.41) is 21.5. The molecule has 0 aliphatic heterocycles. The van der Waals surface area contributed by atoms with Crippen molar-refractivity contribution in [3.63, 3.8) is 0 Å². The fraction of sp³-hybridized carbons (Fsp3) is 0. The number of hydrogen-bond donors (Lipinski definition) is 0. The Bertz CT molecular complexity index is 1720. The average Bonchev–Trinajstić information content (AvgIpc) is 3.52. The van der Waals surface area contributed by atoms with Crippen LogP contribution in [-0.4, -0.2) is 19.6 Å². The van der Waals surface area contributed by atoms with Crippen LogP contribution in [-0.2, 0) is 21.1 Å². The van der Waals surface area contributed by atoms with E-state index in [1.54, 1.807) is 9.36 Å². The molecule has 37 heavy (non-hydrogen) atoms. The number of fused-ring (bicyclic) bond motifs is 2. The minimum Gasteiger partial charge on any atom is -0.257 e. The molecule has 0 N–H and O–H groups in total. The van der Waals surface area contributed by atoms with Crippen LogP contribution < -0.4 is 0 Å². The van der Waals surface area contributed by atoms with E-state index in [1.165, 1.54) is 0 Å². The van der Waals surface area contributed by atoms with Gasteiger partial charge < -0.3 is 0 Å². The van der Waals surface area contributed by atoms with E-state index in [2.05, 4.69) is 23.0 Å². The summed E-state index contributed by atoms with van der Waals surface area (Å²) in [5.74, 6) is 0. The largest absolute Gasteiger partial charge is 2.00 e. The van der Waals surface area contributed by atoms with Crippen molar-refractivity contribution in [1.29, 1.82) is 5.26 Å². The van der Waals surface area contributed by atoms with E-state index in [1.807, 2.05) is 97.1 Å². The van der Waals surface area contributed by atoms with Gasteiger partial charge in [-0.15, -0.1) is 12.1 Å². The number of rotatable bonds is 4. The van der Waals surface area contributed by atoms with Crippen molar-refractivity contribution in [2.24, 2.45) is 0 Å². The van der Waals surface area contributed by atoms with Crippen LogP contribution in [0.25, 0.3) is 43.6 Å². The number of hydrogen-bond acceptors (Lipinski definition) is 3. The normalized spacial score (nSPS) is 10.4. The molecule has 0 saturated carbocycles. The molecule has 4 aromatic carbocycles. The first-order valence-corrected chi connectivity index (χ1v) is 11.2. The Kier molecular flexibility index (Phi) is 6.52. The van der Waals surface area contributed by atoms with Crippen LogP contribution in [0.3, 0.4) is 0 Å².